The van der Waals surface area contributed by atoms with Crippen molar-refractivity contribution in [3.63, 3.8) is 0 Å². The molecule has 0 unspecified atom stereocenters. The highest BCUT2D eigenvalue weighted by atomic mass is 13.8. The second-order valence-electron chi connectivity index (χ2n) is 2.13. The van der Waals surface area contributed by atoms with Gasteiger partial charge in [0.05, 0.1) is 0 Å². The van der Waals surface area contributed by atoms with E-state index in [0.29, 0.717) is 0 Å². The maximum Gasteiger partial charge on any atom is -0.0174 e. The zero-order valence-electron chi connectivity index (χ0n) is 7.17. The molecule has 0 heterocycles. The van der Waals surface area contributed by atoms with Gasteiger partial charge in [0, 0.05) is 0 Å². The standard InChI is InChI=1S/C11H14/c1-4-6-8-10-11(3)9-7-5-2/h4-6,8-10H,1H2,2-3H3. The second-order valence-corrected chi connectivity index (χ2v) is 2.13. The van der Waals surface area contributed by atoms with E-state index in [0.717, 1.165) is 0 Å². The molecular formula is C11H14. The predicted octanol–water partition coefficient (Wildman–Crippen LogP) is 3.41. The molecule has 0 aliphatic heterocycles. The lowest BCUT2D eigenvalue weighted by Gasteiger charge is -1.82. The Morgan fingerprint density at radius 1 is 1.36 bits per heavy atom. The van der Waals surface area contributed by atoms with E-state index >= 15 is 0 Å². The van der Waals surface area contributed by atoms with Crippen molar-refractivity contribution in [3.8, 4) is 0 Å². The lowest BCUT2D eigenvalue weighted by molar-refractivity contribution is 1.52. The zero-order valence-corrected chi connectivity index (χ0v) is 7.17. The minimum Gasteiger partial charge on any atom is -0.125 e. The molecule has 0 amide bonds. The summed E-state index contributed by atoms with van der Waals surface area (Å²) >= 11 is 0. The Morgan fingerprint density at radius 3 is 2.64 bits per heavy atom. The largest absolute Gasteiger partial charge is 0.125 e. The van der Waals surface area contributed by atoms with Gasteiger partial charge in [-0.1, -0.05) is 30.9 Å². The van der Waals surface area contributed by atoms with E-state index in [1.54, 1.807) is 6.08 Å². The molecule has 0 N–H and O–H groups in total. The fraction of sp³-hybridized carbons (Fsp3) is 0.182. The summed E-state index contributed by atoms with van der Waals surface area (Å²) in [5.41, 5.74) is 4.18. The van der Waals surface area contributed by atoms with E-state index in [4.69, 9.17) is 0 Å². The van der Waals surface area contributed by atoms with Crippen molar-refractivity contribution < 1.29 is 0 Å². The Kier molecular flexibility index (Phi) is 6.07. The Bertz CT molecular complexity index is 220. The SMILES string of the molecule is C=CC=CC=C(C)C=C=CC. The van der Waals surface area contributed by atoms with Gasteiger partial charge < -0.3 is 0 Å². The Labute approximate surface area is 68.9 Å². The van der Waals surface area contributed by atoms with Crippen LogP contribution in [0.3, 0.4) is 0 Å². The van der Waals surface area contributed by atoms with Gasteiger partial charge in [-0.3, -0.25) is 0 Å². The van der Waals surface area contributed by atoms with Crippen molar-refractivity contribution in [2.75, 3.05) is 0 Å². The first-order valence-electron chi connectivity index (χ1n) is 3.64. The molecule has 0 heteroatoms. The molecule has 0 atom stereocenters. The molecule has 0 aliphatic carbocycles. The van der Waals surface area contributed by atoms with Gasteiger partial charge >= 0.3 is 0 Å². The molecule has 0 radical (unpaired) electrons. The van der Waals surface area contributed by atoms with Gasteiger partial charge in [-0.25, -0.2) is 0 Å². The highest BCUT2D eigenvalue weighted by Crippen LogP contribution is 1.93. The summed E-state index contributed by atoms with van der Waals surface area (Å²) in [5.74, 6) is 0. The Morgan fingerprint density at radius 2 is 2.09 bits per heavy atom. The lowest BCUT2D eigenvalue weighted by atomic mass is 10.2. The molecule has 58 valence electrons. The third-order valence-corrected chi connectivity index (χ3v) is 1.08. The van der Waals surface area contributed by atoms with E-state index in [2.05, 4.69) is 12.3 Å². The molecule has 0 aromatic carbocycles. The monoisotopic (exact) mass is 146 g/mol. The number of rotatable bonds is 3. The molecular weight excluding hydrogens is 132 g/mol. The van der Waals surface area contributed by atoms with Crippen LogP contribution in [0.15, 0.2) is 54.3 Å². The van der Waals surface area contributed by atoms with Crippen LogP contribution in [0.1, 0.15) is 13.8 Å². The summed E-state index contributed by atoms with van der Waals surface area (Å²) in [5, 5.41) is 0. The number of hydrogen-bond donors (Lipinski definition) is 0. The normalized spacial score (nSPS) is 10.9. The average molecular weight is 146 g/mol. The molecule has 0 saturated heterocycles. The van der Waals surface area contributed by atoms with Crippen LogP contribution in [0.4, 0.5) is 0 Å². The van der Waals surface area contributed by atoms with Crippen molar-refractivity contribution in [2.45, 2.75) is 13.8 Å². The first-order valence-corrected chi connectivity index (χ1v) is 3.64. The van der Waals surface area contributed by atoms with E-state index in [1.165, 1.54) is 5.57 Å². The molecule has 0 aliphatic rings. The van der Waals surface area contributed by atoms with E-state index in [-0.39, 0.29) is 0 Å². The topological polar surface area (TPSA) is 0 Å². The van der Waals surface area contributed by atoms with E-state index in [9.17, 15) is 0 Å². The number of allylic oxidation sites excluding steroid dienone is 6. The summed E-state index contributed by atoms with van der Waals surface area (Å²) in [7, 11) is 0. The van der Waals surface area contributed by atoms with Crippen LogP contribution in [0.5, 0.6) is 0 Å². The van der Waals surface area contributed by atoms with Crippen LogP contribution in [-0.4, -0.2) is 0 Å². The minimum atomic E-state index is 1.18. The van der Waals surface area contributed by atoms with E-state index < -0.39 is 0 Å². The van der Waals surface area contributed by atoms with Gasteiger partial charge in [-0.15, -0.1) is 5.73 Å². The molecule has 0 saturated carbocycles. The quantitative estimate of drug-likeness (QED) is 0.423. The van der Waals surface area contributed by atoms with Gasteiger partial charge in [0.15, 0.2) is 0 Å². The van der Waals surface area contributed by atoms with Crippen LogP contribution in [0.25, 0.3) is 0 Å². The van der Waals surface area contributed by atoms with Crippen molar-refractivity contribution in [2.24, 2.45) is 0 Å². The van der Waals surface area contributed by atoms with Crippen molar-refractivity contribution in [1.29, 1.82) is 0 Å². The molecule has 11 heavy (non-hydrogen) atoms. The summed E-state index contributed by atoms with van der Waals surface area (Å²) in [4.78, 5) is 0. The Hall–Kier alpha value is -1.26. The van der Waals surface area contributed by atoms with Gasteiger partial charge in [-0.05, 0) is 31.6 Å². The fourth-order valence-corrected chi connectivity index (χ4v) is 0.549. The van der Waals surface area contributed by atoms with Crippen molar-refractivity contribution >= 4 is 0 Å². The summed E-state index contributed by atoms with van der Waals surface area (Å²) in [6.07, 6.45) is 11.4. The maximum atomic E-state index is 3.57. The van der Waals surface area contributed by atoms with E-state index in [1.807, 2.05) is 44.2 Å². The van der Waals surface area contributed by atoms with Crippen LogP contribution in [-0.2, 0) is 0 Å². The van der Waals surface area contributed by atoms with Crippen molar-refractivity contribution in [1.82, 2.24) is 0 Å². The molecule has 0 aromatic rings. The van der Waals surface area contributed by atoms with Gasteiger partial charge in [0.25, 0.3) is 0 Å². The zero-order chi connectivity index (χ0) is 8.53. The van der Waals surface area contributed by atoms with Gasteiger partial charge in [-0.2, -0.15) is 0 Å². The molecule has 0 nitrogen and oxygen atoms in total. The first kappa shape index (κ1) is 9.74. The number of hydrogen-bond acceptors (Lipinski definition) is 0. The fourth-order valence-electron chi connectivity index (χ4n) is 0.549. The van der Waals surface area contributed by atoms with Crippen LogP contribution >= 0.6 is 0 Å². The molecule has 0 spiro atoms. The highest BCUT2D eigenvalue weighted by Gasteiger charge is 1.73. The predicted molar refractivity (Wildman–Crippen MR) is 51.4 cm³/mol. The molecule has 0 aromatic heterocycles. The van der Waals surface area contributed by atoms with Crippen LogP contribution < -0.4 is 0 Å². The first-order chi connectivity index (χ1) is 5.31. The summed E-state index contributed by atoms with van der Waals surface area (Å²) in [6.45, 7) is 7.55. The Balaban J connectivity index is 4.11. The van der Waals surface area contributed by atoms with Crippen molar-refractivity contribution in [3.05, 3.63) is 54.3 Å². The minimum absolute atomic E-state index is 1.18. The van der Waals surface area contributed by atoms with Gasteiger partial charge in [0.1, 0.15) is 0 Å². The summed E-state index contributed by atoms with van der Waals surface area (Å²) in [6, 6.07) is 0. The third-order valence-electron chi connectivity index (χ3n) is 1.08. The van der Waals surface area contributed by atoms with Crippen LogP contribution in [0.2, 0.25) is 0 Å². The molecule has 0 fully saturated rings. The second kappa shape index (κ2) is 6.85. The average Bonchev–Trinajstić information content (AvgIpc) is 2.01. The molecule has 0 bridgehead atoms. The maximum absolute atomic E-state index is 3.57. The third kappa shape index (κ3) is 6.63. The summed E-state index contributed by atoms with van der Waals surface area (Å²) < 4.78 is 0. The van der Waals surface area contributed by atoms with Crippen LogP contribution in [0, 0.1) is 0 Å². The highest BCUT2D eigenvalue weighted by molar-refractivity contribution is 5.22. The smallest absolute Gasteiger partial charge is 0.0174 e. The van der Waals surface area contributed by atoms with Gasteiger partial charge in [0.2, 0.25) is 0 Å². The lowest BCUT2D eigenvalue weighted by Crippen LogP contribution is -1.62. The molecule has 0 rings (SSSR count).